The van der Waals surface area contributed by atoms with E-state index in [9.17, 15) is 0 Å². The molecule has 0 aliphatic heterocycles. The molecular weight excluding hydrogens is 224 g/mol. The molecule has 1 fully saturated rings. The first-order valence-electron chi connectivity index (χ1n) is 6.38. The van der Waals surface area contributed by atoms with Gasteiger partial charge in [-0.25, -0.2) is 0 Å². The number of anilines is 1. The molecule has 0 unspecified atom stereocenters. The molecule has 1 heterocycles. The molecule has 4 heteroatoms. The van der Waals surface area contributed by atoms with E-state index in [4.69, 9.17) is 5.73 Å². The van der Waals surface area contributed by atoms with E-state index in [0.717, 1.165) is 25.1 Å². The molecule has 0 spiro atoms. The maximum absolute atomic E-state index is 5.77. The van der Waals surface area contributed by atoms with Gasteiger partial charge in [0.05, 0.1) is 18.4 Å². The van der Waals surface area contributed by atoms with Crippen molar-refractivity contribution >= 4 is 5.69 Å². The smallest absolute Gasteiger partial charge is 0.0728 e. The van der Waals surface area contributed by atoms with Crippen LogP contribution in [0.4, 0.5) is 5.69 Å². The van der Waals surface area contributed by atoms with Crippen LogP contribution in [0.2, 0.25) is 0 Å². The van der Waals surface area contributed by atoms with Crippen molar-refractivity contribution in [1.82, 2.24) is 9.78 Å². The van der Waals surface area contributed by atoms with E-state index in [0.29, 0.717) is 12.1 Å². The number of nitrogens with two attached hydrogens (primary N) is 1. The Kier molecular flexibility index (Phi) is 3.02. The van der Waals surface area contributed by atoms with Crippen LogP contribution >= 0.6 is 0 Å². The highest BCUT2D eigenvalue weighted by atomic mass is 15.3. The van der Waals surface area contributed by atoms with E-state index >= 15 is 0 Å². The molecule has 0 bridgehead atoms. The van der Waals surface area contributed by atoms with Gasteiger partial charge in [-0.05, 0) is 18.4 Å². The summed E-state index contributed by atoms with van der Waals surface area (Å²) in [4.78, 5) is 0. The Bertz CT molecular complexity index is 500. The first kappa shape index (κ1) is 11.3. The van der Waals surface area contributed by atoms with Crippen molar-refractivity contribution in [3.05, 3.63) is 48.3 Å². The molecule has 1 aromatic carbocycles. The van der Waals surface area contributed by atoms with Crippen LogP contribution in [0.3, 0.4) is 0 Å². The molecule has 0 saturated heterocycles. The van der Waals surface area contributed by atoms with E-state index in [1.165, 1.54) is 5.56 Å². The fourth-order valence-corrected chi connectivity index (χ4v) is 2.31. The van der Waals surface area contributed by atoms with Gasteiger partial charge in [-0.1, -0.05) is 30.3 Å². The molecule has 1 aliphatic carbocycles. The number of benzene rings is 1. The summed E-state index contributed by atoms with van der Waals surface area (Å²) < 4.78 is 1.95. The summed E-state index contributed by atoms with van der Waals surface area (Å²) in [5.41, 5.74) is 8.12. The molecule has 1 aliphatic rings. The Morgan fingerprint density at radius 1 is 1.28 bits per heavy atom. The zero-order chi connectivity index (χ0) is 12.4. The molecule has 1 aromatic heterocycles. The summed E-state index contributed by atoms with van der Waals surface area (Å²) in [5.74, 6) is 0. The molecule has 0 radical (unpaired) electrons. The summed E-state index contributed by atoms with van der Waals surface area (Å²) in [6.45, 7) is 0.812. The first-order chi connectivity index (χ1) is 8.79. The normalized spacial score (nSPS) is 22.5. The standard InChI is InChI=1S/C14H18N4/c15-12-6-13(7-12)17-14-8-16-18(10-14)9-11-4-2-1-3-5-11/h1-5,8,10,12-13,17H,6-7,9,15H2. The minimum atomic E-state index is 0.377. The summed E-state index contributed by atoms with van der Waals surface area (Å²) in [6, 6.07) is 11.2. The number of aromatic nitrogens is 2. The van der Waals surface area contributed by atoms with Crippen molar-refractivity contribution in [2.45, 2.75) is 31.5 Å². The number of nitrogens with one attached hydrogen (secondary N) is 1. The van der Waals surface area contributed by atoms with Crippen molar-refractivity contribution in [3.63, 3.8) is 0 Å². The predicted molar refractivity (Wildman–Crippen MR) is 72.4 cm³/mol. The van der Waals surface area contributed by atoms with Crippen molar-refractivity contribution < 1.29 is 0 Å². The molecule has 94 valence electrons. The summed E-state index contributed by atoms with van der Waals surface area (Å²) in [6.07, 6.45) is 6.05. The third-order valence-electron chi connectivity index (χ3n) is 3.37. The molecule has 3 N–H and O–H groups in total. The van der Waals surface area contributed by atoms with Gasteiger partial charge in [-0.15, -0.1) is 0 Å². The Labute approximate surface area is 107 Å². The lowest BCUT2D eigenvalue weighted by atomic mass is 9.87. The van der Waals surface area contributed by atoms with E-state index in [-0.39, 0.29) is 0 Å². The average molecular weight is 242 g/mol. The lowest BCUT2D eigenvalue weighted by molar-refractivity contribution is 0.373. The van der Waals surface area contributed by atoms with E-state index < -0.39 is 0 Å². The quantitative estimate of drug-likeness (QED) is 0.860. The lowest BCUT2D eigenvalue weighted by Gasteiger charge is -2.33. The third kappa shape index (κ3) is 2.54. The van der Waals surface area contributed by atoms with Gasteiger partial charge < -0.3 is 11.1 Å². The van der Waals surface area contributed by atoms with Gasteiger partial charge in [-0.3, -0.25) is 4.68 Å². The maximum atomic E-state index is 5.77. The molecular formula is C14H18N4. The van der Waals surface area contributed by atoms with Gasteiger partial charge in [0, 0.05) is 18.3 Å². The SMILES string of the molecule is NC1CC(Nc2cnn(Cc3ccccc3)c2)C1. The lowest BCUT2D eigenvalue weighted by Crippen LogP contribution is -2.44. The van der Waals surface area contributed by atoms with E-state index in [1.54, 1.807) is 0 Å². The third-order valence-corrected chi connectivity index (χ3v) is 3.37. The largest absolute Gasteiger partial charge is 0.380 e. The van der Waals surface area contributed by atoms with E-state index in [1.807, 2.05) is 29.1 Å². The van der Waals surface area contributed by atoms with Gasteiger partial charge >= 0.3 is 0 Å². The van der Waals surface area contributed by atoms with Gasteiger partial charge in [0.1, 0.15) is 0 Å². The molecule has 4 nitrogen and oxygen atoms in total. The minimum Gasteiger partial charge on any atom is -0.380 e. The molecule has 0 amide bonds. The highest BCUT2D eigenvalue weighted by Crippen LogP contribution is 2.22. The number of nitrogens with zero attached hydrogens (tertiary/aromatic N) is 2. The second-order valence-corrected chi connectivity index (χ2v) is 4.98. The maximum Gasteiger partial charge on any atom is 0.0728 e. The zero-order valence-corrected chi connectivity index (χ0v) is 10.3. The van der Waals surface area contributed by atoms with Crippen LogP contribution in [0.15, 0.2) is 42.7 Å². The van der Waals surface area contributed by atoms with Crippen LogP contribution in [0.5, 0.6) is 0 Å². The van der Waals surface area contributed by atoms with Gasteiger partial charge in [-0.2, -0.15) is 5.10 Å². The second-order valence-electron chi connectivity index (χ2n) is 4.98. The van der Waals surface area contributed by atoms with Crippen molar-refractivity contribution in [2.75, 3.05) is 5.32 Å². The molecule has 3 rings (SSSR count). The highest BCUT2D eigenvalue weighted by Gasteiger charge is 2.25. The van der Waals surface area contributed by atoms with Crippen molar-refractivity contribution in [3.8, 4) is 0 Å². The molecule has 0 atom stereocenters. The zero-order valence-electron chi connectivity index (χ0n) is 10.3. The number of rotatable bonds is 4. The van der Waals surface area contributed by atoms with Crippen LogP contribution in [0.25, 0.3) is 0 Å². The van der Waals surface area contributed by atoms with Gasteiger partial charge in [0.2, 0.25) is 0 Å². The highest BCUT2D eigenvalue weighted by molar-refractivity contribution is 5.40. The molecule has 1 saturated carbocycles. The average Bonchev–Trinajstić information content (AvgIpc) is 2.76. The minimum absolute atomic E-state index is 0.377. The first-order valence-corrected chi connectivity index (χ1v) is 6.38. The number of hydrogen-bond donors (Lipinski definition) is 2. The van der Waals surface area contributed by atoms with Crippen molar-refractivity contribution in [2.24, 2.45) is 5.73 Å². The topological polar surface area (TPSA) is 55.9 Å². The summed E-state index contributed by atoms with van der Waals surface area (Å²) in [5, 5.41) is 7.82. The Morgan fingerprint density at radius 3 is 2.78 bits per heavy atom. The Morgan fingerprint density at radius 2 is 2.06 bits per heavy atom. The van der Waals surface area contributed by atoms with E-state index in [2.05, 4.69) is 28.7 Å². The van der Waals surface area contributed by atoms with Crippen LogP contribution in [-0.4, -0.2) is 21.9 Å². The second kappa shape index (κ2) is 4.82. The van der Waals surface area contributed by atoms with Crippen LogP contribution in [-0.2, 0) is 6.54 Å². The molecule has 18 heavy (non-hydrogen) atoms. The van der Waals surface area contributed by atoms with Gasteiger partial charge in [0.15, 0.2) is 0 Å². The van der Waals surface area contributed by atoms with Crippen LogP contribution in [0, 0.1) is 0 Å². The molecule has 2 aromatic rings. The van der Waals surface area contributed by atoms with Crippen molar-refractivity contribution in [1.29, 1.82) is 0 Å². The summed E-state index contributed by atoms with van der Waals surface area (Å²) >= 11 is 0. The fraction of sp³-hybridized carbons (Fsp3) is 0.357. The Balaban J connectivity index is 1.59. The van der Waals surface area contributed by atoms with Crippen LogP contribution in [0.1, 0.15) is 18.4 Å². The monoisotopic (exact) mass is 242 g/mol. The van der Waals surface area contributed by atoms with Crippen LogP contribution < -0.4 is 11.1 Å². The summed E-state index contributed by atoms with van der Waals surface area (Å²) in [7, 11) is 0. The number of hydrogen-bond acceptors (Lipinski definition) is 3. The van der Waals surface area contributed by atoms with Gasteiger partial charge in [0.25, 0.3) is 0 Å². The predicted octanol–water partition coefficient (Wildman–Crippen LogP) is 1.83. The Hall–Kier alpha value is -1.81. The fourth-order valence-electron chi connectivity index (χ4n) is 2.31.